The number of methoxy groups -OCH3 is 1. The van der Waals surface area contributed by atoms with E-state index >= 15 is 0 Å². The lowest BCUT2D eigenvalue weighted by Gasteiger charge is -2.25. The third-order valence-electron chi connectivity index (χ3n) is 3.57. The van der Waals surface area contributed by atoms with Crippen molar-refractivity contribution >= 4 is 5.91 Å². The van der Waals surface area contributed by atoms with Gasteiger partial charge >= 0.3 is 0 Å². The average Bonchev–Trinajstić information content (AvgIpc) is 2.79. The van der Waals surface area contributed by atoms with Crippen LogP contribution in [0.1, 0.15) is 24.9 Å². The van der Waals surface area contributed by atoms with E-state index in [4.69, 9.17) is 4.74 Å². The number of carbonyl (C=O) groups excluding carboxylic acids is 1. The van der Waals surface area contributed by atoms with Crippen LogP contribution in [0.2, 0.25) is 0 Å². The summed E-state index contributed by atoms with van der Waals surface area (Å²) in [5.41, 5.74) is 1.10. The minimum atomic E-state index is 0.0811. The fourth-order valence-corrected chi connectivity index (χ4v) is 2.37. The Morgan fingerprint density at radius 3 is 2.94 bits per heavy atom. The summed E-state index contributed by atoms with van der Waals surface area (Å²) in [6, 6.07) is 7.96. The fourth-order valence-electron chi connectivity index (χ4n) is 2.37. The predicted molar refractivity (Wildman–Crippen MR) is 71.4 cm³/mol. The standard InChI is InChI=1S/C15H19NO2/c1-4-12-8-15(17)16(10-12)11(2)13-6-5-7-14(9-13)18-3/h4-7,9,11-12H,1,8,10H2,2-3H3. The molecular weight excluding hydrogens is 226 g/mol. The van der Waals surface area contributed by atoms with Crippen LogP contribution in [0.3, 0.4) is 0 Å². The molecule has 0 saturated carbocycles. The Hall–Kier alpha value is -1.77. The van der Waals surface area contributed by atoms with Crippen molar-refractivity contribution in [3.8, 4) is 5.75 Å². The van der Waals surface area contributed by atoms with E-state index in [9.17, 15) is 4.79 Å². The van der Waals surface area contributed by atoms with Crippen LogP contribution >= 0.6 is 0 Å². The van der Waals surface area contributed by atoms with Crippen molar-refractivity contribution in [1.82, 2.24) is 4.90 Å². The largest absolute Gasteiger partial charge is 0.497 e. The van der Waals surface area contributed by atoms with E-state index in [1.807, 2.05) is 35.2 Å². The van der Waals surface area contributed by atoms with E-state index in [1.54, 1.807) is 7.11 Å². The molecule has 2 atom stereocenters. The van der Waals surface area contributed by atoms with E-state index in [0.29, 0.717) is 6.42 Å². The van der Waals surface area contributed by atoms with Crippen molar-refractivity contribution in [2.24, 2.45) is 5.92 Å². The zero-order valence-corrected chi connectivity index (χ0v) is 10.9. The van der Waals surface area contributed by atoms with Gasteiger partial charge < -0.3 is 9.64 Å². The molecule has 0 spiro atoms. The highest BCUT2D eigenvalue weighted by Crippen LogP contribution is 2.30. The molecule has 2 rings (SSSR count). The number of nitrogens with zero attached hydrogens (tertiary/aromatic N) is 1. The zero-order valence-electron chi connectivity index (χ0n) is 10.9. The maximum atomic E-state index is 12.0. The maximum absolute atomic E-state index is 12.0. The molecule has 0 bridgehead atoms. The lowest BCUT2D eigenvalue weighted by molar-refractivity contribution is -0.129. The molecule has 3 nitrogen and oxygen atoms in total. The average molecular weight is 245 g/mol. The Bertz CT molecular complexity index is 456. The first kappa shape index (κ1) is 12.7. The molecule has 1 aliphatic rings. The molecule has 2 unspecified atom stereocenters. The van der Waals surface area contributed by atoms with Crippen LogP contribution in [-0.4, -0.2) is 24.5 Å². The van der Waals surface area contributed by atoms with Crippen LogP contribution < -0.4 is 4.74 Å². The minimum absolute atomic E-state index is 0.0811. The van der Waals surface area contributed by atoms with Crippen LogP contribution in [0, 0.1) is 5.92 Å². The first-order valence-corrected chi connectivity index (χ1v) is 6.21. The molecule has 0 radical (unpaired) electrons. The van der Waals surface area contributed by atoms with Gasteiger partial charge in [-0.05, 0) is 24.6 Å². The summed E-state index contributed by atoms with van der Waals surface area (Å²) in [5.74, 6) is 1.31. The summed E-state index contributed by atoms with van der Waals surface area (Å²) in [7, 11) is 1.65. The quantitative estimate of drug-likeness (QED) is 0.763. The number of carbonyl (C=O) groups is 1. The van der Waals surface area contributed by atoms with Crippen LogP contribution in [0.4, 0.5) is 0 Å². The smallest absolute Gasteiger partial charge is 0.223 e. The molecule has 1 fully saturated rings. The van der Waals surface area contributed by atoms with Gasteiger partial charge in [0.1, 0.15) is 5.75 Å². The second-order valence-electron chi connectivity index (χ2n) is 4.70. The lowest BCUT2D eigenvalue weighted by Crippen LogP contribution is -2.28. The topological polar surface area (TPSA) is 29.5 Å². The highest BCUT2D eigenvalue weighted by atomic mass is 16.5. The summed E-state index contributed by atoms with van der Waals surface area (Å²) < 4.78 is 5.22. The molecule has 0 aliphatic carbocycles. The molecular formula is C15H19NO2. The lowest BCUT2D eigenvalue weighted by atomic mass is 10.1. The van der Waals surface area contributed by atoms with Crippen LogP contribution in [0.15, 0.2) is 36.9 Å². The Kier molecular flexibility index (Phi) is 3.70. The van der Waals surface area contributed by atoms with E-state index in [1.165, 1.54) is 0 Å². The monoisotopic (exact) mass is 245 g/mol. The van der Waals surface area contributed by atoms with Crippen LogP contribution in [-0.2, 0) is 4.79 Å². The van der Waals surface area contributed by atoms with Crippen molar-refractivity contribution < 1.29 is 9.53 Å². The summed E-state index contributed by atoms with van der Waals surface area (Å²) in [5, 5.41) is 0. The van der Waals surface area contributed by atoms with Crippen molar-refractivity contribution in [1.29, 1.82) is 0 Å². The Morgan fingerprint density at radius 2 is 2.33 bits per heavy atom. The number of likely N-dealkylation sites (tertiary alicyclic amines) is 1. The van der Waals surface area contributed by atoms with Crippen molar-refractivity contribution in [3.63, 3.8) is 0 Å². The Balaban J connectivity index is 2.17. The van der Waals surface area contributed by atoms with Gasteiger partial charge in [0, 0.05) is 18.9 Å². The van der Waals surface area contributed by atoms with Gasteiger partial charge in [-0.1, -0.05) is 18.2 Å². The van der Waals surface area contributed by atoms with Crippen molar-refractivity contribution in [2.75, 3.05) is 13.7 Å². The molecule has 1 saturated heterocycles. The highest BCUT2D eigenvalue weighted by Gasteiger charge is 2.31. The van der Waals surface area contributed by atoms with Crippen molar-refractivity contribution in [3.05, 3.63) is 42.5 Å². The second-order valence-corrected chi connectivity index (χ2v) is 4.70. The molecule has 1 aromatic carbocycles. The number of hydrogen-bond acceptors (Lipinski definition) is 2. The molecule has 1 aliphatic heterocycles. The predicted octanol–water partition coefficient (Wildman–Crippen LogP) is 2.79. The van der Waals surface area contributed by atoms with Gasteiger partial charge in [0.25, 0.3) is 0 Å². The minimum Gasteiger partial charge on any atom is -0.497 e. The molecule has 1 heterocycles. The molecule has 0 N–H and O–H groups in total. The van der Waals surface area contributed by atoms with Gasteiger partial charge in [-0.25, -0.2) is 0 Å². The van der Waals surface area contributed by atoms with Crippen LogP contribution in [0.5, 0.6) is 5.75 Å². The number of rotatable bonds is 4. The summed E-state index contributed by atoms with van der Waals surface area (Å²) in [6.45, 7) is 6.59. The number of ether oxygens (including phenoxy) is 1. The van der Waals surface area contributed by atoms with Gasteiger partial charge in [-0.15, -0.1) is 6.58 Å². The second kappa shape index (κ2) is 5.25. The molecule has 96 valence electrons. The first-order chi connectivity index (χ1) is 8.65. The third kappa shape index (κ3) is 2.40. The van der Waals surface area contributed by atoms with Crippen molar-refractivity contribution in [2.45, 2.75) is 19.4 Å². The molecule has 0 aromatic heterocycles. The van der Waals surface area contributed by atoms with Gasteiger partial charge in [0.2, 0.25) is 5.91 Å². The Labute approximate surface area is 108 Å². The van der Waals surface area contributed by atoms with Gasteiger partial charge in [0.05, 0.1) is 13.2 Å². The highest BCUT2D eigenvalue weighted by molar-refractivity contribution is 5.79. The summed E-state index contributed by atoms with van der Waals surface area (Å²) in [6.07, 6.45) is 2.45. The molecule has 1 amide bonds. The van der Waals surface area contributed by atoms with E-state index in [0.717, 1.165) is 17.9 Å². The molecule has 1 aromatic rings. The normalized spacial score (nSPS) is 20.9. The number of hydrogen-bond donors (Lipinski definition) is 0. The van der Waals surface area contributed by atoms with E-state index in [-0.39, 0.29) is 17.9 Å². The van der Waals surface area contributed by atoms with Gasteiger partial charge in [0.15, 0.2) is 0 Å². The number of benzene rings is 1. The maximum Gasteiger partial charge on any atom is 0.223 e. The molecule has 3 heteroatoms. The van der Waals surface area contributed by atoms with Gasteiger partial charge in [-0.2, -0.15) is 0 Å². The summed E-state index contributed by atoms with van der Waals surface area (Å²) in [4.78, 5) is 13.9. The van der Waals surface area contributed by atoms with Crippen LogP contribution in [0.25, 0.3) is 0 Å². The van der Waals surface area contributed by atoms with E-state index in [2.05, 4.69) is 13.5 Å². The zero-order chi connectivity index (χ0) is 13.1. The Morgan fingerprint density at radius 1 is 1.56 bits per heavy atom. The fraction of sp³-hybridized carbons (Fsp3) is 0.400. The van der Waals surface area contributed by atoms with Gasteiger partial charge in [-0.3, -0.25) is 4.79 Å². The number of amides is 1. The van der Waals surface area contributed by atoms with E-state index < -0.39 is 0 Å². The SMILES string of the molecule is C=CC1CC(=O)N(C(C)c2cccc(OC)c2)C1. The summed E-state index contributed by atoms with van der Waals surface area (Å²) >= 11 is 0. The molecule has 18 heavy (non-hydrogen) atoms. The third-order valence-corrected chi connectivity index (χ3v) is 3.57. The first-order valence-electron chi connectivity index (χ1n) is 6.21.